The molecule has 3 heterocycles. The molecule has 7 nitrogen and oxygen atoms in total. The molecule has 2 aliphatic rings. The summed E-state index contributed by atoms with van der Waals surface area (Å²) in [7, 11) is 1.57. The Hall–Kier alpha value is -2.74. The number of benzene rings is 1. The van der Waals surface area contributed by atoms with Crippen molar-refractivity contribution in [3.05, 3.63) is 41.3 Å². The van der Waals surface area contributed by atoms with E-state index in [1.54, 1.807) is 19.4 Å². The van der Waals surface area contributed by atoms with E-state index in [0.717, 1.165) is 18.7 Å². The summed E-state index contributed by atoms with van der Waals surface area (Å²) in [4.78, 5) is 19.5. The fourth-order valence-corrected chi connectivity index (χ4v) is 5.29. The summed E-state index contributed by atoms with van der Waals surface area (Å²) in [5.41, 5.74) is 1.56. The van der Waals surface area contributed by atoms with Crippen molar-refractivity contribution in [1.82, 2.24) is 4.98 Å². The predicted octanol–water partition coefficient (Wildman–Crippen LogP) is 4.87. The Bertz CT molecular complexity index is 1040. The first-order valence-corrected chi connectivity index (χ1v) is 12.0. The number of ether oxygens (including phenoxy) is 2. The third-order valence-corrected chi connectivity index (χ3v) is 7.04. The lowest BCUT2D eigenvalue weighted by Crippen LogP contribution is -2.44. The molecule has 1 aromatic carbocycles. The number of hydrogen-bond acceptors (Lipinski definition) is 6. The average Bonchev–Trinajstić information content (AvgIpc) is 3.16. The highest BCUT2D eigenvalue weighted by Crippen LogP contribution is 2.35. The van der Waals surface area contributed by atoms with Gasteiger partial charge in [-0.15, -0.1) is 0 Å². The van der Waals surface area contributed by atoms with E-state index < -0.39 is 11.8 Å². The molecule has 0 aliphatic carbocycles. The fraction of sp³-hybridized carbons (Fsp3) is 0.520. The number of nitrogens with zero attached hydrogens (tertiary/aromatic N) is 3. The second-order valence-electron chi connectivity index (χ2n) is 9.41. The van der Waals surface area contributed by atoms with Crippen LogP contribution in [0.25, 0.3) is 0 Å². The maximum atomic E-state index is 15.0. The largest absolute Gasteiger partial charge is 0.487 e. The van der Waals surface area contributed by atoms with Gasteiger partial charge >= 0.3 is 5.97 Å². The van der Waals surface area contributed by atoms with Gasteiger partial charge in [0.2, 0.25) is 5.88 Å². The first kappa shape index (κ1) is 24.4. The van der Waals surface area contributed by atoms with Crippen molar-refractivity contribution in [2.45, 2.75) is 45.3 Å². The lowest BCUT2D eigenvalue weighted by molar-refractivity contribution is -0.137. The highest BCUT2D eigenvalue weighted by atomic mass is 35.5. The summed E-state index contributed by atoms with van der Waals surface area (Å²) in [5.74, 6) is -0.0324. The van der Waals surface area contributed by atoms with Crippen molar-refractivity contribution in [3.8, 4) is 11.6 Å². The number of methoxy groups -OCH3 is 1. The predicted molar refractivity (Wildman–Crippen MR) is 130 cm³/mol. The molecule has 2 aliphatic heterocycles. The van der Waals surface area contributed by atoms with Crippen LogP contribution in [0.1, 0.15) is 33.1 Å². The molecule has 0 saturated carbocycles. The zero-order chi connectivity index (χ0) is 24.4. The number of carboxylic acid groups (broad SMARTS) is 1. The summed E-state index contributed by atoms with van der Waals surface area (Å²) in [5, 5.41) is 9.78. The lowest BCUT2D eigenvalue weighted by atomic mass is 9.96. The second kappa shape index (κ2) is 10.3. The summed E-state index contributed by atoms with van der Waals surface area (Å²) < 4.78 is 26.4. The van der Waals surface area contributed by atoms with E-state index in [1.165, 1.54) is 6.07 Å². The van der Waals surface area contributed by atoms with E-state index in [-0.39, 0.29) is 30.2 Å². The third-order valence-electron chi connectivity index (χ3n) is 6.75. The van der Waals surface area contributed by atoms with Gasteiger partial charge in [0.05, 0.1) is 30.4 Å². The maximum Gasteiger partial charge on any atom is 0.305 e. The molecule has 0 radical (unpaired) electrons. The molecular weight excluding hydrogens is 461 g/mol. The summed E-state index contributed by atoms with van der Waals surface area (Å²) in [6.07, 6.45) is 3.00. The molecule has 0 bridgehead atoms. The van der Waals surface area contributed by atoms with Crippen LogP contribution in [0.5, 0.6) is 11.6 Å². The van der Waals surface area contributed by atoms with Crippen molar-refractivity contribution in [3.63, 3.8) is 0 Å². The summed E-state index contributed by atoms with van der Waals surface area (Å²) in [6, 6.07) is 6.65. The molecular formula is C25H31ClFN3O4. The molecule has 2 unspecified atom stereocenters. The molecule has 4 rings (SSSR count). The number of carbonyl (C=O) groups is 1. The van der Waals surface area contributed by atoms with Gasteiger partial charge in [-0.2, -0.15) is 0 Å². The lowest BCUT2D eigenvalue weighted by Gasteiger charge is -2.38. The van der Waals surface area contributed by atoms with Crippen LogP contribution in [0.15, 0.2) is 30.5 Å². The van der Waals surface area contributed by atoms with Crippen molar-refractivity contribution in [1.29, 1.82) is 0 Å². The first-order valence-electron chi connectivity index (χ1n) is 11.6. The number of aliphatic carboxylic acids is 1. The van der Waals surface area contributed by atoms with Gasteiger partial charge in [-0.25, -0.2) is 9.37 Å². The molecule has 2 saturated heterocycles. The standard InChI is InChI=1S/C25H31ClFN3O4/c1-15-8-18(10-25(31)32)30(13-15)17-4-5-23(20(27)9-17)34-22-6-7-29(14-16(22)2)21-11-24(33-3)28-12-19(21)26/h4-5,9,11-12,15-16,18,22H,6-8,10,13-14H2,1-3H3,(H,31,32)/t15-,16?,18-,22?/m1/s1. The Morgan fingerprint density at radius 1 is 1.29 bits per heavy atom. The van der Waals surface area contributed by atoms with E-state index in [2.05, 4.69) is 23.7 Å². The van der Waals surface area contributed by atoms with E-state index in [0.29, 0.717) is 42.0 Å². The molecule has 1 aromatic heterocycles. The number of hydrogen-bond donors (Lipinski definition) is 1. The van der Waals surface area contributed by atoms with Gasteiger partial charge in [-0.05, 0) is 24.5 Å². The van der Waals surface area contributed by atoms with Crippen LogP contribution < -0.4 is 19.3 Å². The van der Waals surface area contributed by atoms with Crippen LogP contribution in [0.3, 0.4) is 0 Å². The Morgan fingerprint density at radius 2 is 2.09 bits per heavy atom. The van der Waals surface area contributed by atoms with Gasteiger partial charge in [0.15, 0.2) is 11.6 Å². The highest BCUT2D eigenvalue weighted by molar-refractivity contribution is 6.33. The van der Waals surface area contributed by atoms with Crippen LogP contribution in [0.2, 0.25) is 5.02 Å². The second-order valence-corrected chi connectivity index (χ2v) is 9.81. The van der Waals surface area contributed by atoms with Crippen LogP contribution in [-0.2, 0) is 4.79 Å². The number of carboxylic acids is 1. The topological polar surface area (TPSA) is 75.1 Å². The average molecular weight is 492 g/mol. The normalized spacial score (nSPS) is 24.9. The minimum atomic E-state index is -0.837. The number of halogens is 2. The quantitative estimate of drug-likeness (QED) is 0.592. The number of anilines is 2. The van der Waals surface area contributed by atoms with Crippen LogP contribution in [0.4, 0.5) is 15.8 Å². The van der Waals surface area contributed by atoms with Gasteiger partial charge in [-0.1, -0.05) is 25.4 Å². The van der Waals surface area contributed by atoms with Crippen molar-refractivity contribution in [2.75, 3.05) is 36.5 Å². The first-order chi connectivity index (χ1) is 16.2. The van der Waals surface area contributed by atoms with E-state index in [4.69, 9.17) is 21.1 Å². The molecule has 4 atom stereocenters. The zero-order valence-electron chi connectivity index (χ0n) is 19.7. The molecule has 34 heavy (non-hydrogen) atoms. The molecule has 2 fully saturated rings. The summed E-state index contributed by atoms with van der Waals surface area (Å²) >= 11 is 6.36. The number of pyridine rings is 1. The van der Waals surface area contributed by atoms with Gasteiger partial charge in [0, 0.05) is 55.8 Å². The van der Waals surface area contributed by atoms with Crippen molar-refractivity contribution in [2.24, 2.45) is 11.8 Å². The third kappa shape index (κ3) is 5.32. The van der Waals surface area contributed by atoms with Gasteiger partial charge < -0.3 is 24.4 Å². The van der Waals surface area contributed by atoms with E-state index in [9.17, 15) is 9.90 Å². The van der Waals surface area contributed by atoms with Crippen LogP contribution in [-0.4, -0.2) is 54.9 Å². The Labute approximate surface area is 204 Å². The van der Waals surface area contributed by atoms with Crippen LogP contribution in [0, 0.1) is 17.7 Å². The maximum absolute atomic E-state index is 15.0. The van der Waals surface area contributed by atoms with Gasteiger partial charge in [0.1, 0.15) is 6.10 Å². The molecule has 2 aromatic rings. The molecule has 184 valence electrons. The highest BCUT2D eigenvalue weighted by Gasteiger charge is 2.33. The molecule has 1 N–H and O–H groups in total. The minimum absolute atomic E-state index is 0.0493. The Balaban J connectivity index is 1.42. The SMILES string of the molecule is COc1cc(N2CCC(Oc3ccc(N4C[C@H](C)C[C@@H]4CC(=O)O)cc3F)C(C)C2)c(Cl)cn1. The molecule has 0 amide bonds. The Kier molecular flexibility index (Phi) is 7.36. The Morgan fingerprint density at radius 3 is 2.76 bits per heavy atom. The zero-order valence-corrected chi connectivity index (χ0v) is 20.5. The summed E-state index contributed by atoms with van der Waals surface area (Å²) in [6.45, 7) is 6.31. The van der Waals surface area contributed by atoms with Gasteiger partial charge in [-0.3, -0.25) is 4.79 Å². The fourth-order valence-electron chi connectivity index (χ4n) is 5.07. The number of rotatable bonds is 7. The van der Waals surface area contributed by atoms with Crippen molar-refractivity contribution < 1.29 is 23.8 Å². The number of piperidine rings is 1. The molecule has 9 heteroatoms. The minimum Gasteiger partial charge on any atom is -0.487 e. The van der Waals surface area contributed by atoms with E-state index in [1.807, 2.05) is 17.0 Å². The van der Waals surface area contributed by atoms with Crippen molar-refractivity contribution >= 4 is 28.9 Å². The number of aromatic nitrogens is 1. The smallest absolute Gasteiger partial charge is 0.305 e. The van der Waals surface area contributed by atoms with Gasteiger partial charge in [0.25, 0.3) is 0 Å². The monoisotopic (exact) mass is 491 g/mol. The van der Waals surface area contributed by atoms with Crippen LogP contribution >= 0.6 is 11.6 Å². The van der Waals surface area contributed by atoms with E-state index >= 15 is 4.39 Å². The molecule has 0 spiro atoms.